The van der Waals surface area contributed by atoms with Crippen LogP contribution in [0.1, 0.15) is 23.7 Å². The molecule has 8 heteroatoms. The molecule has 2 N–H and O–H groups in total. The van der Waals surface area contributed by atoms with Crippen LogP contribution >= 0.6 is 35.3 Å². The van der Waals surface area contributed by atoms with Crippen molar-refractivity contribution in [1.82, 2.24) is 20.0 Å². The van der Waals surface area contributed by atoms with E-state index in [1.165, 1.54) is 11.1 Å². The number of hydrogen-bond donors (Lipinski definition) is 2. The topological polar surface area (TPSA) is 63.0 Å². The van der Waals surface area contributed by atoms with E-state index in [1.54, 1.807) is 11.3 Å². The first-order valence-electron chi connectivity index (χ1n) is 8.99. The van der Waals surface area contributed by atoms with Crippen molar-refractivity contribution in [3.8, 4) is 5.75 Å². The van der Waals surface area contributed by atoms with Gasteiger partial charge in [-0.1, -0.05) is 12.1 Å². The molecule has 0 spiro atoms. The zero-order valence-corrected chi connectivity index (χ0v) is 18.4. The minimum absolute atomic E-state index is 0. The van der Waals surface area contributed by atoms with Gasteiger partial charge >= 0.3 is 0 Å². The number of nitrogens with zero attached hydrogens (tertiary/aromatic N) is 3. The standard InChI is InChI=1S/C19H23N5OS.HI/c1-2-20-18(22-12-16-13-24-8-10-26-19(24)23-16)21-7-5-14-3-4-17-15(11-14)6-9-25-17;/h3-4,8,10-11,13H,2,5-7,9,12H2,1H3,(H2,20,21,22);1H. The first-order chi connectivity index (χ1) is 12.8. The second-order valence-corrected chi connectivity index (χ2v) is 7.11. The molecular weight excluding hydrogens is 473 g/mol. The number of imidazole rings is 1. The van der Waals surface area contributed by atoms with E-state index < -0.39 is 0 Å². The van der Waals surface area contributed by atoms with Gasteiger partial charge in [-0.2, -0.15) is 0 Å². The lowest BCUT2D eigenvalue weighted by Gasteiger charge is -2.11. The summed E-state index contributed by atoms with van der Waals surface area (Å²) in [5, 5.41) is 8.74. The van der Waals surface area contributed by atoms with Crippen molar-refractivity contribution in [2.45, 2.75) is 26.3 Å². The number of thiazole rings is 1. The molecule has 0 bridgehead atoms. The minimum atomic E-state index is 0. The van der Waals surface area contributed by atoms with Gasteiger partial charge in [0.2, 0.25) is 0 Å². The fourth-order valence-corrected chi connectivity index (χ4v) is 3.79. The average Bonchev–Trinajstić information content (AvgIpc) is 3.35. The van der Waals surface area contributed by atoms with Crippen LogP contribution < -0.4 is 15.4 Å². The number of halogens is 1. The monoisotopic (exact) mass is 497 g/mol. The van der Waals surface area contributed by atoms with Crippen molar-refractivity contribution in [2.75, 3.05) is 19.7 Å². The van der Waals surface area contributed by atoms with Gasteiger partial charge in [0.1, 0.15) is 5.75 Å². The first-order valence-corrected chi connectivity index (χ1v) is 9.87. The third kappa shape index (κ3) is 4.92. The molecule has 0 saturated carbocycles. The van der Waals surface area contributed by atoms with Crippen molar-refractivity contribution in [2.24, 2.45) is 4.99 Å². The molecule has 144 valence electrons. The van der Waals surface area contributed by atoms with Crippen LogP contribution in [0.5, 0.6) is 5.75 Å². The third-order valence-electron chi connectivity index (χ3n) is 4.35. The highest BCUT2D eigenvalue weighted by Gasteiger charge is 2.11. The Morgan fingerprint density at radius 1 is 1.37 bits per heavy atom. The molecule has 0 radical (unpaired) electrons. The Morgan fingerprint density at radius 3 is 3.15 bits per heavy atom. The van der Waals surface area contributed by atoms with Gasteiger partial charge in [0.15, 0.2) is 10.9 Å². The summed E-state index contributed by atoms with van der Waals surface area (Å²) in [4.78, 5) is 10.2. The molecule has 2 aromatic heterocycles. The number of aliphatic imine (C=N–C) groups is 1. The van der Waals surface area contributed by atoms with Crippen LogP contribution in [-0.2, 0) is 19.4 Å². The molecule has 27 heavy (non-hydrogen) atoms. The van der Waals surface area contributed by atoms with E-state index in [-0.39, 0.29) is 24.0 Å². The Kier molecular flexibility index (Phi) is 6.95. The molecule has 6 nitrogen and oxygen atoms in total. The lowest BCUT2D eigenvalue weighted by atomic mass is 10.1. The number of aromatic nitrogens is 2. The summed E-state index contributed by atoms with van der Waals surface area (Å²) in [6.07, 6.45) is 6.03. The van der Waals surface area contributed by atoms with Gasteiger partial charge < -0.3 is 15.4 Å². The average molecular weight is 497 g/mol. The Morgan fingerprint density at radius 2 is 2.30 bits per heavy atom. The van der Waals surface area contributed by atoms with Crippen molar-refractivity contribution in [1.29, 1.82) is 0 Å². The molecule has 3 heterocycles. The predicted molar refractivity (Wildman–Crippen MR) is 121 cm³/mol. The number of guanidine groups is 1. The van der Waals surface area contributed by atoms with E-state index in [0.29, 0.717) is 6.54 Å². The van der Waals surface area contributed by atoms with Gasteiger partial charge in [-0.05, 0) is 30.5 Å². The highest BCUT2D eigenvalue weighted by Crippen LogP contribution is 2.25. The lowest BCUT2D eigenvalue weighted by molar-refractivity contribution is 0.357. The van der Waals surface area contributed by atoms with Crippen LogP contribution in [-0.4, -0.2) is 35.0 Å². The van der Waals surface area contributed by atoms with Crippen LogP contribution in [0.25, 0.3) is 4.96 Å². The summed E-state index contributed by atoms with van der Waals surface area (Å²) in [6.45, 7) is 5.12. The number of nitrogens with one attached hydrogen (secondary N) is 2. The third-order valence-corrected chi connectivity index (χ3v) is 5.12. The van der Waals surface area contributed by atoms with Crippen LogP contribution in [0.15, 0.2) is 41.0 Å². The summed E-state index contributed by atoms with van der Waals surface area (Å²) in [6, 6.07) is 6.49. The molecule has 4 rings (SSSR count). The predicted octanol–water partition coefficient (Wildman–Crippen LogP) is 3.25. The van der Waals surface area contributed by atoms with Gasteiger partial charge in [-0.15, -0.1) is 35.3 Å². The molecule has 0 fully saturated rings. The number of hydrogen-bond acceptors (Lipinski definition) is 4. The number of benzene rings is 1. The quantitative estimate of drug-likeness (QED) is 0.312. The van der Waals surface area contributed by atoms with Gasteiger partial charge in [-0.3, -0.25) is 4.40 Å². The van der Waals surface area contributed by atoms with Crippen LogP contribution in [0.2, 0.25) is 0 Å². The molecule has 0 aliphatic carbocycles. The minimum Gasteiger partial charge on any atom is -0.493 e. The van der Waals surface area contributed by atoms with E-state index in [4.69, 9.17) is 4.74 Å². The van der Waals surface area contributed by atoms with Crippen molar-refractivity contribution in [3.63, 3.8) is 0 Å². The summed E-state index contributed by atoms with van der Waals surface area (Å²) in [7, 11) is 0. The van der Waals surface area contributed by atoms with E-state index in [2.05, 4.69) is 45.7 Å². The zero-order chi connectivity index (χ0) is 17.8. The van der Waals surface area contributed by atoms with Gasteiger partial charge in [0.25, 0.3) is 0 Å². The largest absolute Gasteiger partial charge is 0.493 e. The number of fused-ring (bicyclic) bond motifs is 2. The summed E-state index contributed by atoms with van der Waals surface area (Å²) in [5.41, 5.74) is 3.63. The molecule has 0 unspecified atom stereocenters. The molecule has 3 aromatic rings. The van der Waals surface area contributed by atoms with E-state index in [9.17, 15) is 0 Å². The molecular formula is C19H24IN5OS. The Hall–Kier alpha value is -1.81. The van der Waals surface area contributed by atoms with Crippen molar-refractivity contribution in [3.05, 3.63) is 52.8 Å². The van der Waals surface area contributed by atoms with E-state index in [1.807, 2.05) is 22.2 Å². The number of ether oxygens (including phenoxy) is 1. The Bertz CT molecular complexity index is 891. The molecule has 1 aromatic carbocycles. The van der Waals surface area contributed by atoms with E-state index >= 15 is 0 Å². The van der Waals surface area contributed by atoms with Gasteiger partial charge in [0, 0.05) is 37.3 Å². The summed E-state index contributed by atoms with van der Waals surface area (Å²) in [5.74, 6) is 1.87. The van der Waals surface area contributed by atoms with Crippen LogP contribution in [0.4, 0.5) is 0 Å². The smallest absolute Gasteiger partial charge is 0.193 e. The highest BCUT2D eigenvalue weighted by atomic mass is 127. The lowest BCUT2D eigenvalue weighted by Crippen LogP contribution is -2.38. The Labute approximate surface area is 180 Å². The maximum atomic E-state index is 5.57. The van der Waals surface area contributed by atoms with Gasteiger partial charge in [0.05, 0.1) is 18.8 Å². The van der Waals surface area contributed by atoms with Crippen LogP contribution in [0.3, 0.4) is 0 Å². The summed E-state index contributed by atoms with van der Waals surface area (Å²) >= 11 is 1.64. The maximum absolute atomic E-state index is 5.57. The van der Waals surface area contributed by atoms with Gasteiger partial charge in [-0.25, -0.2) is 9.98 Å². The van der Waals surface area contributed by atoms with Crippen molar-refractivity contribution >= 4 is 46.2 Å². The SMILES string of the molecule is CCNC(=NCc1cn2ccsc2n1)NCCc1ccc2c(c1)CCO2.I. The molecule has 1 aliphatic rings. The molecule has 1 aliphatic heterocycles. The zero-order valence-electron chi connectivity index (χ0n) is 15.3. The molecule has 0 saturated heterocycles. The van der Waals surface area contributed by atoms with Crippen LogP contribution in [0, 0.1) is 0 Å². The fourth-order valence-electron chi connectivity index (χ4n) is 3.07. The first kappa shape index (κ1) is 19.9. The highest BCUT2D eigenvalue weighted by molar-refractivity contribution is 14.0. The molecule has 0 amide bonds. The maximum Gasteiger partial charge on any atom is 0.193 e. The second kappa shape index (κ2) is 9.41. The summed E-state index contributed by atoms with van der Waals surface area (Å²) < 4.78 is 7.60. The van der Waals surface area contributed by atoms with Crippen molar-refractivity contribution < 1.29 is 4.74 Å². The normalized spacial score (nSPS) is 13.1. The van der Waals surface area contributed by atoms with E-state index in [0.717, 1.165) is 54.9 Å². The Balaban J connectivity index is 0.00000210. The number of rotatable bonds is 6. The second-order valence-electron chi connectivity index (χ2n) is 6.24. The molecule has 0 atom stereocenters. The fraction of sp³-hybridized carbons (Fsp3) is 0.368.